The molecule has 27 heavy (non-hydrogen) atoms. The molecule has 0 aliphatic carbocycles. The number of aromatic nitrogens is 1. The van der Waals surface area contributed by atoms with Gasteiger partial charge in [-0.2, -0.15) is 0 Å². The number of nitrogens with one attached hydrogen (secondary N) is 1. The van der Waals surface area contributed by atoms with E-state index in [0.29, 0.717) is 11.1 Å². The van der Waals surface area contributed by atoms with Crippen molar-refractivity contribution in [1.82, 2.24) is 4.57 Å². The van der Waals surface area contributed by atoms with Crippen LogP contribution in [-0.2, 0) is 19.4 Å². The average Bonchev–Trinajstić information content (AvgIpc) is 3.06. The minimum Gasteiger partial charge on any atom is -0.346 e. The van der Waals surface area contributed by atoms with Crippen molar-refractivity contribution in [2.45, 2.75) is 39.2 Å². The van der Waals surface area contributed by atoms with Crippen molar-refractivity contribution in [1.29, 1.82) is 0 Å². The molecule has 0 atom stereocenters. The van der Waals surface area contributed by atoms with Gasteiger partial charge in [-0.3, -0.25) is 9.59 Å². The number of pyridine rings is 1. The number of halogens is 1. The Kier molecular flexibility index (Phi) is 4.87. The summed E-state index contributed by atoms with van der Waals surface area (Å²) in [4.78, 5) is 25.7. The van der Waals surface area contributed by atoms with Gasteiger partial charge in [-0.05, 0) is 54.7 Å². The van der Waals surface area contributed by atoms with E-state index in [1.807, 2.05) is 41.0 Å². The van der Waals surface area contributed by atoms with Gasteiger partial charge in [0.05, 0.1) is 5.52 Å². The van der Waals surface area contributed by atoms with Crippen LogP contribution in [-0.4, -0.2) is 10.5 Å². The number of hydrogen-bond donors (Lipinski definition) is 1. The van der Waals surface area contributed by atoms with Gasteiger partial charge in [-0.15, -0.1) is 0 Å². The van der Waals surface area contributed by atoms with E-state index in [4.69, 9.17) is 0 Å². The second-order valence-electron chi connectivity index (χ2n) is 7.03. The van der Waals surface area contributed by atoms with Gasteiger partial charge < -0.3 is 9.88 Å². The van der Waals surface area contributed by atoms with Crippen LogP contribution in [0.15, 0.2) is 51.9 Å². The number of benzene rings is 2. The van der Waals surface area contributed by atoms with Gasteiger partial charge in [0.2, 0.25) is 5.43 Å². The second kappa shape index (κ2) is 7.31. The Bertz CT molecular complexity index is 1080. The fourth-order valence-corrected chi connectivity index (χ4v) is 4.20. The fraction of sp³-hybridized carbons (Fsp3) is 0.273. The van der Waals surface area contributed by atoms with E-state index in [0.717, 1.165) is 47.8 Å². The van der Waals surface area contributed by atoms with Crippen LogP contribution in [0.4, 0.5) is 5.69 Å². The number of amides is 1. The Morgan fingerprint density at radius 1 is 1.22 bits per heavy atom. The molecule has 2 aromatic carbocycles. The minimum atomic E-state index is -0.361. The summed E-state index contributed by atoms with van der Waals surface area (Å²) in [7, 11) is 0. The van der Waals surface area contributed by atoms with Gasteiger partial charge in [0.25, 0.3) is 5.91 Å². The monoisotopic (exact) mass is 424 g/mol. The number of aryl methyl sites for hydroxylation is 3. The van der Waals surface area contributed by atoms with Gasteiger partial charge >= 0.3 is 0 Å². The molecule has 4 nitrogen and oxygen atoms in total. The molecule has 4 rings (SSSR count). The van der Waals surface area contributed by atoms with E-state index < -0.39 is 0 Å². The highest BCUT2D eigenvalue weighted by Gasteiger charge is 2.21. The molecule has 0 fully saturated rings. The maximum atomic E-state index is 12.9. The third kappa shape index (κ3) is 3.44. The number of rotatable bonds is 5. The SMILES string of the molecule is CCCCc1ccc(NC(=O)c2cn3c4c(cc(Br)cc4c2=O)CC3)cc1. The van der Waals surface area contributed by atoms with Gasteiger partial charge in [-0.1, -0.05) is 41.4 Å². The quantitative estimate of drug-likeness (QED) is 0.631. The first-order chi connectivity index (χ1) is 13.1. The summed E-state index contributed by atoms with van der Waals surface area (Å²) >= 11 is 3.47. The van der Waals surface area contributed by atoms with E-state index in [2.05, 4.69) is 28.2 Å². The number of nitrogens with zero attached hydrogens (tertiary/aromatic N) is 1. The van der Waals surface area contributed by atoms with E-state index in [-0.39, 0.29) is 16.9 Å². The van der Waals surface area contributed by atoms with Crippen LogP contribution in [0.2, 0.25) is 0 Å². The van der Waals surface area contributed by atoms with E-state index >= 15 is 0 Å². The zero-order chi connectivity index (χ0) is 19.0. The lowest BCUT2D eigenvalue weighted by molar-refractivity contribution is 0.102. The van der Waals surface area contributed by atoms with Gasteiger partial charge in [0.1, 0.15) is 5.56 Å². The Labute approximate surface area is 166 Å². The maximum Gasteiger partial charge on any atom is 0.261 e. The Balaban J connectivity index is 1.64. The third-order valence-electron chi connectivity index (χ3n) is 5.11. The lowest BCUT2D eigenvalue weighted by atomic mass is 10.1. The summed E-state index contributed by atoms with van der Waals surface area (Å²) in [5.74, 6) is -0.361. The molecular formula is C22H21BrN2O2. The minimum absolute atomic E-state index is 0.184. The molecule has 0 radical (unpaired) electrons. The van der Waals surface area contributed by atoms with Crippen LogP contribution in [0.3, 0.4) is 0 Å². The summed E-state index contributed by atoms with van der Waals surface area (Å²) < 4.78 is 2.89. The maximum absolute atomic E-state index is 12.9. The number of hydrogen-bond acceptors (Lipinski definition) is 2. The van der Waals surface area contributed by atoms with Crippen molar-refractivity contribution in [3.63, 3.8) is 0 Å². The first kappa shape index (κ1) is 18.0. The zero-order valence-electron chi connectivity index (χ0n) is 15.2. The molecule has 1 N–H and O–H groups in total. The Morgan fingerprint density at radius 3 is 2.74 bits per heavy atom. The van der Waals surface area contributed by atoms with Gasteiger partial charge in [0.15, 0.2) is 0 Å². The standard InChI is InChI=1S/C22H21BrN2O2/c1-2-3-4-14-5-7-17(8-6-14)24-22(27)19-13-25-10-9-15-11-16(23)12-18(20(15)25)21(19)26/h5-8,11-13H,2-4,9-10H2,1H3,(H,24,27). The summed E-state index contributed by atoms with van der Waals surface area (Å²) in [5.41, 5.74) is 4.01. The van der Waals surface area contributed by atoms with Crippen LogP contribution >= 0.6 is 15.9 Å². The molecule has 1 aliphatic heterocycles. The molecule has 0 bridgehead atoms. The molecular weight excluding hydrogens is 404 g/mol. The van der Waals surface area contributed by atoms with Crippen molar-refractivity contribution >= 4 is 38.4 Å². The number of anilines is 1. The van der Waals surface area contributed by atoms with Crippen molar-refractivity contribution in [3.8, 4) is 0 Å². The lowest BCUT2D eigenvalue weighted by Crippen LogP contribution is -2.23. The largest absolute Gasteiger partial charge is 0.346 e. The first-order valence-electron chi connectivity index (χ1n) is 9.32. The molecule has 5 heteroatoms. The van der Waals surface area contributed by atoms with E-state index in [9.17, 15) is 9.59 Å². The summed E-state index contributed by atoms with van der Waals surface area (Å²) in [5, 5.41) is 3.46. The Morgan fingerprint density at radius 2 is 2.00 bits per heavy atom. The van der Waals surface area contributed by atoms with Crippen molar-refractivity contribution < 1.29 is 4.79 Å². The summed E-state index contributed by atoms with van der Waals surface area (Å²) in [6, 6.07) is 11.7. The number of carbonyl (C=O) groups excluding carboxylic acids is 1. The molecule has 0 saturated carbocycles. The van der Waals surface area contributed by atoms with Crippen molar-refractivity contribution in [2.75, 3.05) is 5.32 Å². The topological polar surface area (TPSA) is 51.1 Å². The predicted molar refractivity (Wildman–Crippen MR) is 113 cm³/mol. The number of carbonyl (C=O) groups is 1. The lowest BCUT2D eigenvalue weighted by Gasteiger charge is -2.10. The highest BCUT2D eigenvalue weighted by atomic mass is 79.9. The van der Waals surface area contributed by atoms with Crippen molar-refractivity contribution in [2.24, 2.45) is 0 Å². The smallest absolute Gasteiger partial charge is 0.261 e. The number of unbranched alkanes of at least 4 members (excludes halogenated alkanes) is 1. The molecule has 2 heterocycles. The highest BCUT2D eigenvalue weighted by molar-refractivity contribution is 9.10. The molecule has 138 valence electrons. The van der Waals surface area contributed by atoms with Crippen LogP contribution in [0.25, 0.3) is 10.9 Å². The van der Waals surface area contributed by atoms with Crippen molar-refractivity contribution in [3.05, 3.63) is 74.0 Å². The van der Waals surface area contributed by atoms with Crippen LogP contribution in [0.5, 0.6) is 0 Å². The second-order valence-corrected chi connectivity index (χ2v) is 7.95. The van der Waals surface area contributed by atoms with Crippen LogP contribution in [0.1, 0.15) is 41.3 Å². The fourth-order valence-electron chi connectivity index (χ4n) is 3.70. The van der Waals surface area contributed by atoms with Crippen LogP contribution < -0.4 is 10.7 Å². The first-order valence-corrected chi connectivity index (χ1v) is 10.1. The van der Waals surface area contributed by atoms with E-state index in [1.54, 1.807) is 6.20 Å². The average molecular weight is 425 g/mol. The molecule has 0 unspecified atom stereocenters. The van der Waals surface area contributed by atoms with Gasteiger partial charge in [-0.25, -0.2) is 0 Å². The molecule has 1 amide bonds. The zero-order valence-corrected chi connectivity index (χ0v) is 16.8. The summed E-state index contributed by atoms with van der Waals surface area (Å²) in [6.07, 6.45) is 5.92. The summed E-state index contributed by atoms with van der Waals surface area (Å²) in [6.45, 7) is 2.96. The predicted octanol–water partition coefficient (Wildman–Crippen LogP) is 4.92. The van der Waals surface area contributed by atoms with Gasteiger partial charge in [0, 0.05) is 28.3 Å². The third-order valence-corrected chi connectivity index (χ3v) is 5.57. The highest BCUT2D eigenvalue weighted by Crippen LogP contribution is 2.28. The molecule has 3 aromatic rings. The normalized spacial score (nSPS) is 12.5. The molecule has 0 saturated heterocycles. The van der Waals surface area contributed by atoms with E-state index in [1.165, 1.54) is 5.56 Å². The molecule has 1 aromatic heterocycles. The molecule has 0 spiro atoms. The Hall–Kier alpha value is -2.40. The molecule has 1 aliphatic rings. The van der Waals surface area contributed by atoms with Crippen LogP contribution in [0, 0.1) is 0 Å².